The van der Waals surface area contributed by atoms with E-state index in [0.717, 1.165) is 11.3 Å². The number of hydrogen-bond acceptors (Lipinski definition) is 5. The highest BCUT2D eigenvalue weighted by molar-refractivity contribution is 7.91. The Morgan fingerprint density at radius 2 is 1.80 bits per heavy atom. The van der Waals surface area contributed by atoms with E-state index in [9.17, 15) is 13.2 Å². The van der Waals surface area contributed by atoms with Crippen LogP contribution < -0.4 is 5.43 Å². The molecule has 0 saturated heterocycles. The second-order valence-corrected chi connectivity index (χ2v) is 9.35. The summed E-state index contributed by atoms with van der Waals surface area (Å²) in [6.07, 6.45) is 0. The van der Waals surface area contributed by atoms with Crippen molar-refractivity contribution in [3.8, 4) is 11.3 Å². The maximum Gasteiger partial charge on any atom is 0.340 e. The van der Waals surface area contributed by atoms with Gasteiger partial charge in [-0.3, -0.25) is 10.1 Å². The lowest BCUT2D eigenvalue weighted by atomic mass is 10.1. The van der Waals surface area contributed by atoms with E-state index >= 15 is 0 Å². The van der Waals surface area contributed by atoms with E-state index in [-0.39, 0.29) is 17.3 Å². The van der Waals surface area contributed by atoms with Crippen molar-refractivity contribution in [2.24, 2.45) is 0 Å². The van der Waals surface area contributed by atoms with Crippen molar-refractivity contribution in [2.75, 3.05) is 17.8 Å². The van der Waals surface area contributed by atoms with Gasteiger partial charge in [-0.15, -0.1) is 0 Å². The Morgan fingerprint density at radius 3 is 2.43 bits per heavy atom. The summed E-state index contributed by atoms with van der Waals surface area (Å²) in [6, 6.07) is 15.6. The highest BCUT2D eigenvalue weighted by atomic mass is 35.5. The number of aromatic nitrogens is 1. The lowest BCUT2D eigenvalue weighted by Gasteiger charge is -2.16. The van der Waals surface area contributed by atoms with Gasteiger partial charge in [0.1, 0.15) is 0 Å². The van der Waals surface area contributed by atoms with Gasteiger partial charge in [0.05, 0.1) is 39.9 Å². The summed E-state index contributed by atoms with van der Waals surface area (Å²) in [5, 5.41) is 0.602. The number of nitrogens with zero attached hydrogens (tertiary/aromatic N) is 1. The van der Waals surface area contributed by atoms with E-state index in [1.165, 1.54) is 0 Å². The van der Waals surface area contributed by atoms with Crippen molar-refractivity contribution in [2.45, 2.75) is 25.7 Å². The van der Waals surface area contributed by atoms with Crippen LogP contribution in [0.5, 0.6) is 0 Å². The fourth-order valence-corrected chi connectivity index (χ4v) is 4.11. The molecule has 158 valence electrons. The fraction of sp³-hybridized carbons (Fsp3) is 0.227. The summed E-state index contributed by atoms with van der Waals surface area (Å²) >= 11 is 6.02. The molecule has 1 aromatic heterocycles. The third-order valence-electron chi connectivity index (χ3n) is 4.70. The maximum absolute atomic E-state index is 12.4. The lowest BCUT2D eigenvalue weighted by Crippen LogP contribution is -2.14. The van der Waals surface area contributed by atoms with Crippen LogP contribution in [0.2, 0.25) is 5.02 Å². The molecule has 0 amide bonds. The molecule has 2 aromatic carbocycles. The van der Waals surface area contributed by atoms with Gasteiger partial charge in [0.15, 0.2) is 9.84 Å². The van der Waals surface area contributed by atoms with Crippen molar-refractivity contribution in [3.05, 3.63) is 70.9 Å². The number of halogens is 1. The zero-order valence-electron chi connectivity index (χ0n) is 17.0. The smallest absolute Gasteiger partial charge is 0.340 e. The molecular weight excluding hydrogens is 424 g/mol. The number of carbonyl (C=O) groups excluding carboxylic acids is 1. The lowest BCUT2D eigenvalue weighted by molar-refractivity contribution is 0.0525. The third kappa shape index (κ3) is 4.52. The summed E-state index contributed by atoms with van der Waals surface area (Å²) in [4.78, 5) is 12.7. The summed E-state index contributed by atoms with van der Waals surface area (Å²) in [5.74, 6) is -0.407. The quantitative estimate of drug-likeness (QED) is 0.519. The van der Waals surface area contributed by atoms with Crippen LogP contribution in [-0.4, -0.2) is 31.4 Å². The van der Waals surface area contributed by atoms with Crippen molar-refractivity contribution >= 4 is 33.1 Å². The van der Waals surface area contributed by atoms with Gasteiger partial charge in [-0.2, -0.15) is 0 Å². The van der Waals surface area contributed by atoms with Gasteiger partial charge in [-0.25, -0.2) is 13.2 Å². The van der Waals surface area contributed by atoms with Crippen LogP contribution in [0.25, 0.3) is 11.3 Å². The average molecular weight is 447 g/mol. The van der Waals surface area contributed by atoms with Crippen LogP contribution in [0.3, 0.4) is 0 Å². The Morgan fingerprint density at radius 1 is 1.10 bits per heavy atom. The van der Waals surface area contributed by atoms with Gasteiger partial charge in [-0.05, 0) is 50.2 Å². The first-order valence-corrected chi connectivity index (χ1v) is 11.5. The summed E-state index contributed by atoms with van der Waals surface area (Å²) in [7, 11) is -3.34. The molecule has 0 saturated carbocycles. The van der Waals surface area contributed by atoms with Crippen molar-refractivity contribution in [1.82, 2.24) is 4.68 Å². The summed E-state index contributed by atoms with van der Waals surface area (Å²) < 4.78 is 31.4. The number of anilines is 1. The van der Waals surface area contributed by atoms with Crippen LogP contribution in [0.4, 0.5) is 5.69 Å². The number of carbonyl (C=O) groups is 1. The van der Waals surface area contributed by atoms with Gasteiger partial charge in [0.2, 0.25) is 0 Å². The Hall–Kier alpha value is -2.77. The van der Waals surface area contributed by atoms with E-state index < -0.39 is 15.8 Å². The van der Waals surface area contributed by atoms with Crippen LogP contribution >= 0.6 is 11.6 Å². The standard InChI is InChI=1S/C22H23ClN2O4S/c1-4-29-22(26)20-14-21(16-9-11-17(23)12-10-16)25(15(20)3)24-18-7-6-8-19(13-18)30(27,28)5-2/h6-14,24H,4-5H2,1-3H3. The first-order chi connectivity index (χ1) is 14.3. The van der Waals surface area contributed by atoms with Gasteiger partial charge in [-0.1, -0.05) is 36.7 Å². The molecule has 6 nitrogen and oxygen atoms in total. The molecule has 0 aliphatic rings. The Kier molecular flexibility index (Phi) is 6.53. The van der Waals surface area contributed by atoms with Gasteiger partial charge in [0, 0.05) is 10.6 Å². The molecule has 8 heteroatoms. The molecule has 1 heterocycles. The number of esters is 1. The van der Waals surface area contributed by atoms with Gasteiger partial charge in [0.25, 0.3) is 0 Å². The van der Waals surface area contributed by atoms with Gasteiger partial charge >= 0.3 is 5.97 Å². The maximum atomic E-state index is 12.4. The first-order valence-electron chi connectivity index (χ1n) is 9.52. The second-order valence-electron chi connectivity index (χ2n) is 6.63. The second kappa shape index (κ2) is 8.93. The Labute approximate surface area is 181 Å². The van der Waals surface area contributed by atoms with Crippen molar-refractivity contribution < 1.29 is 17.9 Å². The third-order valence-corrected chi connectivity index (χ3v) is 6.68. The molecule has 0 spiro atoms. The number of benzene rings is 2. The molecule has 0 fully saturated rings. The average Bonchev–Trinajstić information content (AvgIpc) is 3.05. The number of sulfone groups is 1. The molecule has 0 radical (unpaired) electrons. The van der Waals surface area contributed by atoms with E-state index in [0.29, 0.717) is 22.0 Å². The van der Waals surface area contributed by atoms with Crippen LogP contribution in [0.1, 0.15) is 29.9 Å². The highest BCUT2D eigenvalue weighted by Gasteiger charge is 2.20. The van der Waals surface area contributed by atoms with E-state index in [1.54, 1.807) is 67.9 Å². The largest absolute Gasteiger partial charge is 0.462 e. The summed E-state index contributed by atoms with van der Waals surface area (Å²) in [6.45, 7) is 5.42. The molecule has 0 aliphatic carbocycles. The van der Waals surface area contributed by atoms with Crippen molar-refractivity contribution in [3.63, 3.8) is 0 Å². The Balaban J connectivity index is 2.10. The zero-order valence-corrected chi connectivity index (χ0v) is 18.5. The van der Waals surface area contributed by atoms with Crippen molar-refractivity contribution in [1.29, 1.82) is 0 Å². The molecule has 1 N–H and O–H groups in total. The highest BCUT2D eigenvalue weighted by Crippen LogP contribution is 2.28. The minimum atomic E-state index is -3.34. The number of nitrogens with one attached hydrogen (secondary N) is 1. The predicted molar refractivity (Wildman–Crippen MR) is 119 cm³/mol. The minimum absolute atomic E-state index is 0.0159. The SMILES string of the molecule is CCOC(=O)c1cc(-c2ccc(Cl)cc2)n(Nc2cccc(S(=O)(=O)CC)c2)c1C. The molecule has 0 atom stereocenters. The Bertz CT molecular complexity index is 1170. The topological polar surface area (TPSA) is 77.4 Å². The molecule has 30 heavy (non-hydrogen) atoms. The molecule has 0 aliphatic heterocycles. The number of rotatable bonds is 7. The van der Waals surface area contributed by atoms with E-state index in [2.05, 4.69) is 5.43 Å². The normalized spacial score (nSPS) is 11.3. The van der Waals surface area contributed by atoms with Gasteiger partial charge < -0.3 is 4.74 Å². The zero-order chi connectivity index (χ0) is 21.9. The summed E-state index contributed by atoms with van der Waals surface area (Å²) in [5.41, 5.74) is 6.42. The number of ether oxygens (including phenoxy) is 1. The molecule has 3 aromatic rings. The van der Waals surface area contributed by atoms with E-state index in [1.807, 2.05) is 12.1 Å². The fourth-order valence-electron chi connectivity index (χ4n) is 3.05. The molecule has 0 bridgehead atoms. The van der Waals surface area contributed by atoms with Crippen LogP contribution in [0, 0.1) is 6.92 Å². The molecule has 3 rings (SSSR count). The monoisotopic (exact) mass is 446 g/mol. The molecular formula is C22H23ClN2O4S. The van der Waals surface area contributed by atoms with E-state index in [4.69, 9.17) is 16.3 Å². The van der Waals surface area contributed by atoms with Crippen LogP contribution in [-0.2, 0) is 14.6 Å². The minimum Gasteiger partial charge on any atom is -0.462 e. The molecule has 0 unspecified atom stereocenters. The predicted octanol–water partition coefficient (Wildman–Crippen LogP) is 4.96. The first kappa shape index (κ1) is 21.9. The number of hydrogen-bond donors (Lipinski definition) is 1. The van der Waals surface area contributed by atoms with Crippen LogP contribution in [0.15, 0.2) is 59.5 Å².